The molecule has 3 heterocycles. The first-order valence-corrected chi connectivity index (χ1v) is 15.5. The maximum atomic E-state index is 13.2. The zero-order valence-electron chi connectivity index (χ0n) is 26.1. The van der Waals surface area contributed by atoms with Gasteiger partial charge in [-0.15, -0.1) is 0 Å². The summed E-state index contributed by atoms with van der Waals surface area (Å²) in [7, 11) is 4.43. The molecule has 46 heavy (non-hydrogen) atoms. The summed E-state index contributed by atoms with van der Waals surface area (Å²) >= 11 is 7.10. The van der Waals surface area contributed by atoms with Crippen LogP contribution in [0.1, 0.15) is 45.9 Å². The SMILES string of the molecule is COc1nc(-c2cccc(-c3cccc(NC(=O)c4cn(C)c(=O)n(C)c4=O)c3C)c2Cl)cc2c1C(NC1CCOCC1O)CC2. The van der Waals surface area contributed by atoms with Crippen molar-refractivity contribution in [3.63, 3.8) is 0 Å². The van der Waals surface area contributed by atoms with Crippen LogP contribution in [0.3, 0.4) is 0 Å². The minimum atomic E-state index is -0.675. The molecule has 1 aliphatic carbocycles. The normalized spacial score (nSPS) is 19.1. The van der Waals surface area contributed by atoms with Crippen LogP contribution in [0.4, 0.5) is 5.69 Å². The lowest BCUT2D eigenvalue weighted by atomic mass is 9.96. The Hall–Kier alpha value is -4.29. The predicted molar refractivity (Wildman–Crippen MR) is 176 cm³/mol. The Balaban J connectivity index is 1.31. The van der Waals surface area contributed by atoms with Crippen LogP contribution < -0.4 is 26.6 Å². The number of halogens is 1. The van der Waals surface area contributed by atoms with Gasteiger partial charge in [-0.05, 0) is 55.0 Å². The highest BCUT2D eigenvalue weighted by Gasteiger charge is 2.33. The van der Waals surface area contributed by atoms with E-state index in [1.165, 1.54) is 24.9 Å². The van der Waals surface area contributed by atoms with Gasteiger partial charge in [0.15, 0.2) is 0 Å². The highest BCUT2D eigenvalue weighted by atomic mass is 35.5. The van der Waals surface area contributed by atoms with Crippen molar-refractivity contribution in [2.45, 2.75) is 44.4 Å². The first-order valence-electron chi connectivity index (χ1n) is 15.2. The number of carbonyl (C=O) groups is 1. The molecule has 3 atom stereocenters. The number of aryl methyl sites for hydroxylation is 2. The Morgan fingerprint density at radius 3 is 2.61 bits per heavy atom. The monoisotopic (exact) mass is 645 g/mol. The van der Waals surface area contributed by atoms with Crippen molar-refractivity contribution in [3.8, 4) is 28.3 Å². The number of anilines is 1. The number of aromatic nitrogens is 3. The number of fused-ring (bicyclic) bond motifs is 1. The number of aliphatic hydroxyl groups excluding tert-OH is 1. The summed E-state index contributed by atoms with van der Waals surface area (Å²) in [5.41, 5.74) is 5.00. The summed E-state index contributed by atoms with van der Waals surface area (Å²) in [6, 6.07) is 13.2. The Kier molecular flexibility index (Phi) is 8.84. The van der Waals surface area contributed by atoms with E-state index >= 15 is 0 Å². The molecular weight excluding hydrogens is 610 g/mol. The topological polar surface area (TPSA) is 137 Å². The molecule has 0 radical (unpaired) electrons. The quantitative estimate of drug-likeness (QED) is 0.276. The van der Waals surface area contributed by atoms with E-state index in [4.69, 9.17) is 26.1 Å². The maximum Gasteiger partial charge on any atom is 0.330 e. The largest absolute Gasteiger partial charge is 0.481 e. The lowest BCUT2D eigenvalue weighted by Gasteiger charge is -2.31. The number of carbonyl (C=O) groups excluding carboxylic acids is 1. The highest BCUT2D eigenvalue weighted by molar-refractivity contribution is 6.36. The van der Waals surface area contributed by atoms with Gasteiger partial charge in [0.2, 0.25) is 5.88 Å². The fourth-order valence-corrected chi connectivity index (χ4v) is 6.72. The van der Waals surface area contributed by atoms with Gasteiger partial charge in [0.25, 0.3) is 11.5 Å². The molecule has 4 aromatic rings. The van der Waals surface area contributed by atoms with Crippen LogP contribution in [0.2, 0.25) is 5.02 Å². The molecule has 2 aromatic carbocycles. The summed E-state index contributed by atoms with van der Waals surface area (Å²) in [5.74, 6) is -0.0965. The van der Waals surface area contributed by atoms with Crippen molar-refractivity contribution in [1.29, 1.82) is 0 Å². The van der Waals surface area contributed by atoms with Gasteiger partial charge in [0.05, 0.1) is 30.5 Å². The second kappa shape index (κ2) is 12.8. The number of aliphatic hydroxyl groups is 1. The van der Waals surface area contributed by atoms with Crippen molar-refractivity contribution < 1.29 is 19.4 Å². The van der Waals surface area contributed by atoms with Gasteiger partial charge in [0, 0.05) is 61.4 Å². The van der Waals surface area contributed by atoms with Gasteiger partial charge in [-0.1, -0.05) is 41.9 Å². The number of nitrogens with one attached hydrogen (secondary N) is 2. The van der Waals surface area contributed by atoms with Gasteiger partial charge >= 0.3 is 5.69 Å². The maximum absolute atomic E-state index is 13.2. The predicted octanol–water partition coefficient (Wildman–Crippen LogP) is 3.76. The standard InChI is InChI=1S/C34H36ClN5O6/c1-18-20(7-6-10-24(18)37-31(42)23-16-39(2)34(44)40(3)33(23)43)21-8-5-9-22(30(21)35)27-15-19-11-12-26(29(19)32(38-27)45-4)36-25-13-14-46-17-28(25)41/h5-10,15-16,25-26,28,36,41H,11-14,17H2,1-4H3,(H,37,42). The molecule has 0 saturated carbocycles. The number of benzene rings is 2. The Morgan fingerprint density at radius 1 is 1.11 bits per heavy atom. The molecule has 1 fully saturated rings. The van der Waals surface area contributed by atoms with E-state index in [0.717, 1.165) is 57.2 Å². The molecule has 1 saturated heterocycles. The number of hydrogen-bond donors (Lipinski definition) is 3. The summed E-state index contributed by atoms with van der Waals surface area (Å²) in [5, 5.41) is 17.4. The average molecular weight is 646 g/mol. The smallest absolute Gasteiger partial charge is 0.330 e. The number of pyridine rings is 1. The molecule has 3 unspecified atom stereocenters. The molecular formula is C34H36ClN5O6. The van der Waals surface area contributed by atoms with Gasteiger partial charge in [-0.3, -0.25) is 14.2 Å². The lowest BCUT2D eigenvalue weighted by Crippen LogP contribution is -2.47. The summed E-state index contributed by atoms with van der Waals surface area (Å²) < 4.78 is 13.3. The number of methoxy groups -OCH3 is 1. The van der Waals surface area contributed by atoms with E-state index in [9.17, 15) is 19.5 Å². The molecule has 11 nitrogen and oxygen atoms in total. The number of rotatable bonds is 7. The van der Waals surface area contributed by atoms with Gasteiger partial charge in [-0.2, -0.15) is 0 Å². The van der Waals surface area contributed by atoms with E-state index in [0.29, 0.717) is 35.5 Å². The van der Waals surface area contributed by atoms with Crippen molar-refractivity contribution in [2.75, 3.05) is 25.6 Å². The molecule has 12 heteroatoms. The van der Waals surface area contributed by atoms with Crippen molar-refractivity contribution >= 4 is 23.2 Å². The fourth-order valence-electron chi connectivity index (χ4n) is 6.40. The molecule has 2 aromatic heterocycles. The fraction of sp³-hybridized carbons (Fsp3) is 0.353. The number of ether oxygens (including phenoxy) is 2. The number of hydrogen-bond acceptors (Lipinski definition) is 8. The average Bonchev–Trinajstić information content (AvgIpc) is 3.46. The lowest BCUT2D eigenvalue weighted by molar-refractivity contribution is -0.0304. The summed E-state index contributed by atoms with van der Waals surface area (Å²) in [6.07, 6.45) is 3.10. The third kappa shape index (κ3) is 5.75. The van der Waals surface area contributed by atoms with Crippen LogP contribution in [-0.2, 0) is 25.3 Å². The second-order valence-corrected chi connectivity index (χ2v) is 12.2. The second-order valence-electron chi connectivity index (χ2n) is 11.8. The molecule has 240 valence electrons. The molecule has 0 bridgehead atoms. The minimum Gasteiger partial charge on any atom is -0.481 e. The Labute approximate surface area is 270 Å². The van der Waals surface area contributed by atoms with Crippen LogP contribution in [0.25, 0.3) is 22.4 Å². The van der Waals surface area contributed by atoms with Gasteiger partial charge in [-0.25, -0.2) is 9.78 Å². The summed E-state index contributed by atoms with van der Waals surface area (Å²) in [4.78, 5) is 42.8. The first-order chi connectivity index (χ1) is 22.1. The van der Waals surface area contributed by atoms with Crippen LogP contribution in [0.5, 0.6) is 5.88 Å². The van der Waals surface area contributed by atoms with Crippen molar-refractivity contribution in [2.24, 2.45) is 14.1 Å². The third-order valence-electron chi connectivity index (χ3n) is 8.93. The molecule has 6 rings (SSSR count). The highest BCUT2D eigenvalue weighted by Crippen LogP contribution is 2.43. The molecule has 0 spiro atoms. The van der Waals surface area contributed by atoms with E-state index < -0.39 is 23.3 Å². The van der Waals surface area contributed by atoms with Crippen LogP contribution in [0, 0.1) is 6.92 Å². The number of amides is 1. The van der Waals surface area contributed by atoms with E-state index in [2.05, 4.69) is 16.7 Å². The molecule has 1 amide bonds. The third-order valence-corrected chi connectivity index (χ3v) is 9.34. The van der Waals surface area contributed by atoms with Crippen LogP contribution >= 0.6 is 11.6 Å². The molecule has 3 N–H and O–H groups in total. The van der Waals surface area contributed by atoms with Crippen molar-refractivity contribution in [1.82, 2.24) is 19.4 Å². The van der Waals surface area contributed by atoms with Crippen LogP contribution in [-0.4, -0.2) is 57.6 Å². The van der Waals surface area contributed by atoms with E-state index in [-0.39, 0.29) is 17.6 Å². The van der Waals surface area contributed by atoms with Gasteiger partial charge in [0.1, 0.15) is 5.56 Å². The Morgan fingerprint density at radius 2 is 1.85 bits per heavy atom. The van der Waals surface area contributed by atoms with Crippen LogP contribution in [0.15, 0.2) is 58.3 Å². The Bertz CT molecular complexity index is 1950. The molecule has 1 aliphatic heterocycles. The zero-order chi connectivity index (χ0) is 32.7. The zero-order valence-corrected chi connectivity index (χ0v) is 26.9. The van der Waals surface area contributed by atoms with E-state index in [1.54, 1.807) is 19.2 Å². The minimum absolute atomic E-state index is 0.00705. The van der Waals surface area contributed by atoms with E-state index in [1.807, 2.05) is 31.2 Å². The van der Waals surface area contributed by atoms with Crippen molar-refractivity contribution in [3.05, 3.63) is 96.8 Å². The summed E-state index contributed by atoms with van der Waals surface area (Å²) in [6.45, 7) is 2.80. The first kappa shape index (κ1) is 31.7. The van der Waals surface area contributed by atoms with Gasteiger partial charge < -0.3 is 29.8 Å². The molecule has 2 aliphatic rings. The number of nitrogens with zero attached hydrogens (tertiary/aromatic N) is 3.